The van der Waals surface area contributed by atoms with Crippen LogP contribution >= 0.6 is 0 Å². The van der Waals surface area contributed by atoms with Gasteiger partial charge >= 0.3 is 6.18 Å². The number of hydrogen-bond donors (Lipinski definition) is 3. The molecule has 0 spiro atoms. The predicted octanol–water partition coefficient (Wildman–Crippen LogP) is 3.08. The van der Waals surface area contributed by atoms with Gasteiger partial charge in [0.2, 0.25) is 0 Å². The van der Waals surface area contributed by atoms with Gasteiger partial charge in [0.1, 0.15) is 17.3 Å². The van der Waals surface area contributed by atoms with Gasteiger partial charge in [0.05, 0.1) is 5.70 Å². The summed E-state index contributed by atoms with van der Waals surface area (Å²) in [7, 11) is 0. The molecule has 9 heteroatoms. The van der Waals surface area contributed by atoms with Crippen molar-refractivity contribution in [1.82, 2.24) is 4.90 Å². The minimum absolute atomic E-state index is 0.106. The number of alkyl halides is 3. The molecule has 26 heavy (non-hydrogen) atoms. The van der Waals surface area contributed by atoms with Gasteiger partial charge in [-0.05, 0) is 30.9 Å². The number of amides is 1. The molecule has 0 aliphatic heterocycles. The molecule has 0 atom stereocenters. The summed E-state index contributed by atoms with van der Waals surface area (Å²) < 4.78 is 51.3. The lowest BCUT2D eigenvalue weighted by Crippen LogP contribution is -2.40. The van der Waals surface area contributed by atoms with Gasteiger partial charge < -0.3 is 15.7 Å². The number of benzene rings is 1. The zero-order chi connectivity index (χ0) is 19.5. The maximum absolute atomic E-state index is 13.9. The van der Waals surface area contributed by atoms with E-state index < -0.39 is 29.3 Å². The van der Waals surface area contributed by atoms with Gasteiger partial charge in [-0.3, -0.25) is 10.2 Å². The SMILES string of the molecule is N=C(/C=C(\N)C(=O)N(Cc1ccc(O)cc1F)CC1CCC1)C(F)(F)F. The standard InChI is InChI=1S/C17H19F4N3O2/c18-13-6-12(25)5-4-11(13)9-24(8-10-2-1-3-10)16(26)14(22)7-15(23)17(19,20)21/h4-7,10,23,25H,1-3,8-9,22H2/b14-7-,23-15?. The fraction of sp³-hybridized carbons (Fsp3) is 0.412. The second kappa shape index (κ2) is 7.76. The van der Waals surface area contributed by atoms with Gasteiger partial charge in [-0.2, -0.15) is 13.2 Å². The van der Waals surface area contributed by atoms with E-state index in [0.29, 0.717) is 0 Å². The molecule has 1 aliphatic carbocycles. The van der Waals surface area contributed by atoms with Crippen molar-refractivity contribution in [2.24, 2.45) is 11.7 Å². The van der Waals surface area contributed by atoms with Crippen molar-refractivity contribution in [3.63, 3.8) is 0 Å². The maximum Gasteiger partial charge on any atom is 0.432 e. The summed E-state index contributed by atoms with van der Waals surface area (Å²) in [6.07, 6.45) is -1.92. The predicted molar refractivity (Wildman–Crippen MR) is 86.9 cm³/mol. The number of halogens is 4. The second-order valence-electron chi connectivity index (χ2n) is 6.27. The minimum Gasteiger partial charge on any atom is -0.508 e. The number of nitrogens with one attached hydrogen (secondary N) is 1. The molecule has 0 saturated heterocycles. The van der Waals surface area contributed by atoms with Crippen molar-refractivity contribution < 1.29 is 27.5 Å². The van der Waals surface area contributed by atoms with Crippen molar-refractivity contribution in [1.29, 1.82) is 5.41 Å². The summed E-state index contributed by atoms with van der Waals surface area (Å²) in [4.78, 5) is 13.6. The third-order valence-corrected chi connectivity index (χ3v) is 4.24. The van der Waals surface area contributed by atoms with Gasteiger partial charge in [-0.15, -0.1) is 0 Å². The molecular formula is C17H19F4N3O2. The van der Waals surface area contributed by atoms with E-state index in [0.717, 1.165) is 25.3 Å². The molecule has 0 heterocycles. The number of phenols is 1. The highest BCUT2D eigenvalue weighted by Crippen LogP contribution is 2.28. The van der Waals surface area contributed by atoms with E-state index in [1.54, 1.807) is 0 Å². The number of hydrogen-bond acceptors (Lipinski definition) is 4. The van der Waals surface area contributed by atoms with Gasteiger partial charge in [0.25, 0.3) is 5.91 Å². The zero-order valence-corrected chi connectivity index (χ0v) is 13.8. The van der Waals surface area contributed by atoms with Crippen LogP contribution in [0.15, 0.2) is 30.0 Å². The molecule has 1 fully saturated rings. The molecule has 1 aliphatic rings. The molecule has 0 radical (unpaired) electrons. The first-order valence-electron chi connectivity index (χ1n) is 7.97. The molecule has 0 unspecified atom stereocenters. The number of allylic oxidation sites excluding steroid dienone is 1. The molecule has 0 aromatic heterocycles. The Kier molecular flexibility index (Phi) is 5.89. The van der Waals surface area contributed by atoms with Crippen molar-refractivity contribution in [2.75, 3.05) is 6.54 Å². The molecule has 4 N–H and O–H groups in total. The molecule has 1 aromatic rings. The van der Waals surface area contributed by atoms with Crippen LogP contribution in [0.5, 0.6) is 5.75 Å². The lowest BCUT2D eigenvalue weighted by Gasteiger charge is -2.32. The third-order valence-electron chi connectivity index (χ3n) is 4.24. The van der Waals surface area contributed by atoms with Crippen LogP contribution in [-0.2, 0) is 11.3 Å². The molecule has 1 amide bonds. The Balaban J connectivity index is 2.21. The zero-order valence-electron chi connectivity index (χ0n) is 13.8. The van der Waals surface area contributed by atoms with Crippen LogP contribution < -0.4 is 5.73 Å². The van der Waals surface area contributed by atoms with Gasteiger partial charge in [0, 0.05) is 24.7 Å². The molecule has 1 aromatic carbocycles. The van der Waals surface area contributed by atoms with Crippen LogP contribution in [0.3, 0.4) is 0 Å². The Bertz CT molecular complexity index is 727. The molecule has 2 rings (SSSR count). The van der Waals surface area contributed by atoms with Gasteiger partial charge in [-0.25, -0.2) is 4.39 Å². The van der Waals surface area contributed by atoms with E-state index in [-0.39, 0.29) is 36.4 Å². The molecule has 142 valence electrons. The number of phenolic OH excluding ortho intramolecular Hbond substituents is 1. The smallest absolute Gasteiger partial charge is 0.432 e. The molecule has 1 saturated carbocycles. The quantitative estimate of drug-likeness (QED) is 0.407. The van der Waals surface area contributed by atoms with E-state index in [2.05, 4.69) is 0 Å². The number of rotatable bonds is 6. The Morgan fingerprint density at radius 3 is 2.54 bits per heavy atom. The van der Waals surface area contributed by atoms with Crippen LogP contribution in [0, 0.1) is 17.1 Å². The topological polar surface area (TPSA) is 90.4 Å². The summed E-state index contributed by atoms with van der Waals surface area (Å²) in [5.41, 5.74) is 3.10. The molecule has 0 bridgehead atoms. The monoisotopic (exact) mass is 373 g/mol. The Labute approximate surface area is 147 Å². The first-order valence-corrected chi connectivity index (χ1v) is 7.97. The lowest BCUT2D eigenvalue weighted by molar-refractivity contribution is -0.128. The number of nitrogens with zero attached hydrogens (tertiary/aromatic N) is 1. The summed E-state index contributed by atoms with van der Waals surface area (Å²) in [5, 5.41) is 16.2. The fourth-order valence-corrected chi connectivity index (χ4v) is 2.56. The first-order chi connectivity index (χ1) is 12.1. The summed E-state index contributed by atoms with van der Waals surface area (Å²) >= 11 is 0. The largest absolute Gasteiger partial charge is 0.508 e. The van der Waals surface area contributed by atoms with Crippen LogP contribution in [-0.4, -0.2) is 34.3 Å². The molecular weight excluding hydrogens is 354 g/mol. The number of carbonyl (C=O) groups is 1. The molecule has 5 nitrogen and oxygen atoms in total. The van der Waals surface area contributed by atoms with Crippen LogP contribution in [0.1, 0.15) is 24.8 Å². The minimum atomic E-state index is -4.91. The lowest BCUT2D eigenvalue weighted by atomic mass is 9.85. The van der Waals surface area contributed by atoms with Crippen LogP contribution in [0.4, 0.5) is 17.6 Å². The van der Waals surface area contributed by atoms with Crippen molar-refractivity contribution >= 4 is 11.6 Å². The summed E-state index contributed by atoms with van der Waals surface area (Å²) in [5.74, 6) is -1.73. The van der Waals surface area contributed by atoms with Crippen LogP contribution in [0.25, 0.3) is 0 Å². The van der Waals surface area contributed by atoms with Crippen molar-refractivity contribution in [3.05, 3.63) is 41.4 Å². The number of carbonyl (C=O) groups excluding carboxylic acids is 1. The maximum atomic E-state index is 13.9. The van der Waals surface area contributed by atoms with E-state index in [9.17, 15) is 27.5 Å². The average molecular weight is 373 g/mol. The van der Waals surface area contributed by atoms with Crippen LogP contribution in [0.2, 0.25) is 0 Å². The van der Waals surface area contributed by atoms with E-state index in [1.165, 1.54) is 17.0 Å². The van der Waals surface area contributed by atoms with Crippen molar-refractivity contribution in [2.45, 2.75) is 32.0 Å². The Hall–Kier alpha value is -2.58. The van der Waals surface area contributed by atoms with E-state index in [4.69, 9.17) is 11.1 Å². The number of nitrogens with two attached hydrogens (primary N) is 1. The first kappa shape index (κ1) is 19.7. The van der Waals surface area contributed by atoms with Crippen molar-refractivity contribution in [3.8, 4) is 5.75 Å². The third kappa shape index (κ3) is 4.96. The highest BCUT2D eigenvalue weighted by molar-refractivity contribution is 6.04. The summed E-state index contributed by atoms with van der Waals surface area (Å²) in [6.45, 7) is 0.0301. The van der Waals surface area contributed by atoms with E-state index >= 15 is 0 Å². The Morgan fingerprint density at radius 1 is 1.38 bits per heavy atom. The van der Waals surface area contributed by atoms with E-state index in [1.807, 2.05) is 0 Å². The van der Waals surface area contributed by atoms with Gasteiger partial charge in [0.15, 0.2) is 0 Å². The average Bonchev–Trinajstić information content (AvgIpc) is 2.49. The highest BCUT2D eigenvalue weighted by Gasteiger charge is 2.34. The highest BCUT2D eigenvalue weighted by atomic mass is 19.4. The second-order valence-corrected chi connectivity index (χ2v) is 6.27. The normalized spacial score (nSPS) is 15.5. The number of aromatic hydroxyl groups is 1. The Morgan fingerprint density at radius 2 is 2.04 bits per heavy atom. The fourth-order valence-electron chi connectivity index (χ4n) is 2.56. The summed E-state index contributed by atoms with van der Waals surface area (Å²) in [6, 6.07) is 3.44. The van der Waals surface area contributed by atoms with Gasteiger partial charge in [-0.1, -0.05) is 12.5 Å².